The lowest BCUT2D eigenvalue weighted by molar-refractivity contribution is -0.136. The van der Waals surface area contributed by atoms with Crippen LogP contribution in [0.25, 0.3) is 10.8 Å². The molecule has 0 aliphatic carbocycles. The zero-order chi connectivity index (χ0) is 19.4. The third-order valence-electron chi connectivity index (χ3n) is 5.67. The Morgan fingerprint density at radius 3 is 2.44 bits per heavy atom. The summed E-state index contributed by atoms with van der Waals surface area (Å²) in [6, 6.07) is 12.3. The highest BCUT2D eigenvalue weighted by molar-refractivity contribution is 5.85. The van der Waals surface area contributed by atoms with Gasteiger partial charge in [-0.05, 0) is 48.0 Å². The minimum Gasteiger partial charge on any atom is -0.497 e. The lowest BCUT2D eigenvalue weighted by Crippen LogP contribution is -2.53. The number of carbonyl (C=O) groups excluding carboxylic acids is 1. The highest BCUT2D eigenvalue weighted by Crippen LogP contribution is 2.22. The summed E-state index contributed by atoms with van der Waals surface area (Å²) in [6.07, 6.45) is 0. The second-order valence-corrected chi connectivity index (χ2v) is 7.39. The van der Waals surface area contributed by atoms with Gasteiger partial charge in [0.2, 0.25) is 5.91 Å². The van der Waals surface area contributed by atoms with Gasteiger partial charge in [-0.3, -0.25) is 9.69 Å². The van der Waals surface area contributed by atoms with Crippen molar-refractivity contribution in [2.24, 2.45) is 0 Å². The first-order valence-corrected chi connectivity index (χ1v) is 9.80. The summed E-state index contributed by atoms with van der Waals surface area (Å²) < 4.78 is 5.29. The van der Waals surface area contributed by atoms with E-state index in [0.717, 1.165) is 54.8 Å². The molecule has 1 unspecified atom stereocenters. The molecular weight excluding hydrogens is 338 g/mol. The molecule has 0 spiro atoms. The first-order valence-electron chi connectivity index (χ1n) is 9.80. The van der Waals surface area contributed by atoms with Gasteiger partial charge in [-0.1, -0.05) is 25.1 Å². The maximum Gasteiger partial charge on any atom is 0.239 e. The standard InChI is InChI=1S/C22H31N3O2/c1-5-24-10-12-25(13-11-24)17(2)22(26)23(3)16-18-6-7-20-15-21(27-4)9-8-19(20)14-18/h6-9,14-15,17H,5,10-13,16H2,1-4H3. The quantitative estimate of drug-likeness (QED) is 0.785. The molecular formula is C22H31N3O2. The van der Waals surface area contributed by atoms with Crippen LogP contribution in [0.2, 0.25) is 0 Å². The van der Waals surface area contributed by atoms with Gasteiger partial charge >= 0.3 is 0 Å². The highest BCUT2D eigenvalue weighted by Gasteiger charge is 2.27. The van der Waals surface area contributed by atoms with Crippen molar-refractivity contribution in [3.05, 3.63) is 42.0 Å². The lowest BCUT2D eigenvalue weighted by atomic mass is 10.1. The molecule has 0 bridgehead atoms. The molecule has 1 amide bonds. The van der Waals surface area contributed by atoms with Gasteiger partial charge in [0.15, 0.2) is 0 Å². The first kappa shape index (κ1) is 19.6. The van der Waals surface area contributed by atoms with Gasteiger partial charge in [0, 0.05) is 39.8 Å². The number of ether oxygens (including phenoxy) is 1. The van der Waals surface area contributed by atoms with Crippen molar-refractivity contribution in [3.8, 4) is 5.75 Å². The molecule has 146 valence electrons. The Bertz CT molecular complexity index is 784. The normalized spacial score (nSPS) is 17.0. The predicted molar refractivity (Wildman–Crippen MR) is 110 cm³/mol. The van der Waals surface area contributed by atoms with E-state index in [1.165, 1.54) is 0 Å². The first-order chi connectivity index (χ1) is 13.0. The summed E-state index contributed by atoms with van der Waals surface area (Å²) in [5.74, 6) is 1.05. The van der Waals surface area contributed by atoms with Crippen LogP contribution in [0.5, 0.6) is 5.75 Å². The minimum absolute atomic E-state index is 0.0706. The molecule has 2 aromatic rings. The van der Waals surface area contributed by atoms with Gasteiger partial charge in [-0.2, -0.15) is 0 Å². The van der Waals surface area contributed by atoms with E-state index in [4.69, 9.17) is 4.74 Å². The highest BCUT2D eigenvalue weighted by atomic mass is 16.5. The summed E-state index contributed by atoms with van der Waals surface area (Å²) in [5, 5.41) is 2.31. The number of likely N-dealkylation sites (N-methyl/N-ethyl adjacent to an activating group) is 2. The number of amides is 1. The van der Waals surface area contributed by atoms with Crippen molar-refractivity contribution in [2.45, 2.75) is 26.4 Å². The van der Waals surface area contributed by atoms with E-state index in [9.17, 15) is 4.79 Å². The van der Waals surface area contributed by atoms with Crippen LogP contribution in [0.4, 0.5) is 0 Å². The van der Waals surface area contributed by atoms with Gasteiger partial charge in [0.05, 0.1) is 13.2 Å². The molecule has 5 heteroatoms. The number of hydrogen-bond donors (Lipinski definition) is 0. The van der Waals surface area contributed by atoms with Crippen LogP contribution in [-0.4, -0.2) is 73.5 Å². The van der Waals surface area contributed by atoms with Crippen LogP contribution < -0.4 is 4.74 Å². The number of nitrogens with zero attached hydrogens (tertiary/aromatic N) is 3. The van der Waals surface area contributed by atoms with Crippen LogP contribution in [0.3, 0.4) is 0 Å². The molecule has 1 aliphatic rings. The number of piperazine rings is 1. The molecule has 1 aliphatic heterocycles. The molecule has 1 heterocycles. The monoisotopic (exact) mass is 369 g/mol. The maximum atomic E-state index is 12.9. The summed E-state index contributed by atoms with van der Waals surface area (Å²) >= 11 is 0. The fourth-order valence-corrected chi connectivity index (χ4v) is 3.79. The van der Waals surface area contributed by atoms with Crippen molar-refractivity contribution in [2.75, 3.05) is 46.9 Å². The zero-order valence-electron chi connectivity index (χ0n) is 16.9. The summed E-state index contributed by atoms with van der Waals surface area (Å²) in [7, 11) is 3.58. The fourth-order valence-electron chi connectivity index (χ4n) is 3.79. The second kappa shape index (κ2) is 8.72. The molecule has 2 aromatic carbocycles. The number of carbonyl (C=O) groups is 1. The third-order valence-corrected chi connectivity index (χ3v) is 5.67. The number of benzene rings is 2. The summed E-state index contributed by atoms with van der Waals surface area (Å²) in [4.78, 5) is 19.5. The zero-order valence-corrected chi connectivity index (χ0v) is 16.9. The number of fused-ring (bicyclic) bond motifs is 1. The number of hydrogen-bond acceptors (Lipinski definition) is 4. The number of methoxy groups -OCH3 is 1. The molecule has 1 fully saturated rings. The SMILES string of the molecule is CCN1CCN(C(C)C(=O)N(C)Cc2ccc3cc(OC)ccc3c2)CC1. The molecule has 0 aromatic heterocycles. The van der Waals surface area contributed by atoms with Crippen molar-refractivity contribution in [3.63, 3.8) is 0 Å². The van der Waals surface area contributed by atoms with E-state index in [-0.39, 0.29) is 11.9 Å². The minimum atomic E-state index is -0.0706. The second-order valence-electron chi connectivity index (χ2n) is 7.39. The largest absolute Gasteiger partial charge is 0.497 e. The topological polar surface area (TPSA) is 36.0 Å². The van der Waals surface area contributed by atoms with Crippen molar-refractivity contribution >= 4 is 16.7 Å². The third kappa shape index (κ3) is 4.60. The van der Waals surface area contributed by atoms with E-state index < -0.39 is 0 Å². The molecule has 0 radical (unpaired) electrons. The van der Waals surface area contributed by atoms with Gasteiger partial charge in [0.25, 0.3) is 0 Å². The van der Waals surface area contributed by atoms with Gasteiger partial charge in [-0.15, -0.1) is 0 Å². The Hall–Kier alpha value is -2.11. The average Bonchev–Trinajstić information content (AvgIpc) is 2.72. The van der Waals surface area contributed by atoms with Gasteiger partial charge < -0.3 is 14.5 Å². The van der Waals surface area contributed by atoms with E-state index >= 15 is 0 Å². The Kier molecular flexibility index (Phi) is 6.34. The smallest absolute Gasteiger partial charge is 0.239 e. The van der Waals surface area contributed by atoms with E-state index in [2.05, 4.69) is 41.0 Å². The molecule has 0 saturated carbocycles. The molecule has 0 N–H and O–H groups in total. The average molecular weight is 370 g/mol. The van der Waals surface area contributed by atoms with Crippen LogP contribution in [0.15, 0.2) is 36.4 Å². The Labute approximate surface area is 162 Å². The fraction of sp³-hybridized carbons (Fsp3) is 0.500. The van der Waals surface area contributed by atoms with Crippen LogP contribution in [0.1, 0.15) is 19.4 Å². The van der Waals surface area contributed by atoms with Crippen molar-refractivity contribution in [1.82, 2.24) is 14.7 Å². The Balaban J connectivity index is 1.63. The molecule has 27 heavy (non-hydrogen) atoms. The van der Waals surface area contributed by atoms with E-state index in [1.54, 1.807) is 7.11 Å². The van der Waals surface area contributed by atoms with Gasteiger partial charge in [-0.25, -0.2) is 0 Å². The molecule has 1 atom stereocenters. The summed E-state index contributed by atoms with van der Waals surface area (Å²) in [6.45, 7) is 9.96. The lowest BCUT2D eigenvalue weighted by Gasteiger charge is -2.38. The van der Waals surface area contributed by atoms with Crippen LogP contribution >= 0.6 is 0 Å². The molecule has 1 saturated heterocycles. The van der Waals surface area contributed by atoms with Crippen LogP contribution in [-0.2, 0) is 11.3 Å². The van der Waals surface area contributed by atoms with E-state index in [1.807, 2.05) is 31.0 Å². The predicted octanol–water partition coefficient (Wildman–Crippen LogP) is 2.83. The molecule has 5 nitrogen and oxygen atoms in total. The summed E-state index contributed by atoms with van der Waals surface area (Å²) in [5.41, 5.74) is 1.14. The van der Waals surface area contributed by atoms with Gasteiger partial charge in [0.1, 0.15) is 5.75 Å². The van der Waals surface area contributed by atoms with Crippen LogP contribution in [0, 0.1) is 0 Å². The Morgan fingerprint density at radius 2 is 1.78 bits per heavy atom. The Morgan fingerprint density at radius 1 is 1.11 bits per heavy atom. The van der Waals surface area contributed by atoms with E-state index in [0.29, 0.717) is 6.54 Å². The van der Waals surface area contributed by atoms with Crippen molar-refractivity contribution < 1.29 is 9.53 Å². The molecule has 3 rings (SSSR count). The van der Waals surface area contributed by atoms with Crippen molar-refractivity contribution in [1.29, 1.82) is 0 Å². The number of rotatable bonds is 6. The maximum absolute atomic E-state index is 12.9.